The number of aryl methyl sites for hydroxylation is 1. The highest BCUT2D eigenvalue weighted by Crippen LogP contribution is 2.32. The molecule has 1 aliphatic carbocycles. The fourth-order valence-corrected chi connectivity index (χ4v) is 2.12. The molecule has 0 amide bonds. The minimum Gasteiger partial charge on any atom is -0.491 e. The van der Waals surface area contributed by atoms with E-state index in [0.717, 1.165) is 25.0 Å². The normalized spacial score (nSPS) is 17.8. The monoisotopic (exact) mass is 279 g/mol. The van der Waals surface area contributed by atoms with Crippen molar-refractivity contribution in [3.63, 3.8) is 0 Å². The number of hydrogen-bond donors (Lipinski definition) is 3. The van der Waals surface area contributed by atoms with Crippen molar-refractivity contribution < 1.29 is 14.9 Å². The molecule has 2 rings (SSSR count). The van der Waals surface area contributed by atoms with Gasteiger partial charge >= 0.3 is 0 Å². The van der Waals surface area contributed by atoms with E-state index in [4.69, 9.17) is 4.74 Å². The molecule has 1 aromatic carbocycles. The number of aliphatic hydroxyl groups is 2. The van der Waals surface area contributed by atoms with E-state index in [9.17, 15) is 10.2 Å². The maximum Gasteiger partial charge on any atom is 0.119 e. The van der Waals surface area contributed by atoms with Gasteiger partial charge in [0.25, 0.3) is 0 Å². The van der Waals surface area contributed by atoms with Crippen molar-refractivity contribution in [3.05, 3.63) is 29.8 Å². The molecule has 0 aromatic heterocycles. The zero-order valence-electron chi connectivity index (χ0n) is 12.1. The van der Waals surface area contributed by atoms with Gasteiger partial charge in [-0.2, -0.15) is 0 Å². The van der Waals surface area contributed by atoms with Crippen molar-refractivity contribution in [1.29, 1.82) is 0 Å². The summed E-state index contributed by atoms with van der Waals surface area (Å²) in [6.45, 7) is 3.36. The summed E-state index contributed by atoms with van der Waals surface area (Å²) in [4.78, 5) is 0. The van der Waals surface area contributed by atoms with Crippen LogP contribution in [0, 0.1) is 5.92 Å². The van der Waals surface area contributed by atoms with Crippen LogP contribution in [0.25, 0.3) is 0 Å². The summed E-state index contributed by atoms with van der Waals surface area (Å²) < 4.78 is 5.53. The predicted molar refractivity (Wildman–Crippen MR) is 78.9 cm³/mol. The molecule has 112 valence electrons. The molecule has 1 aromatic rings. The lowest BCUT2D eigenvalue weighted by Crippen LogP contribution is -2.36. The number of hydrogen-bond acceptors (Lipinski definition) is 4. The van der Waals surface area contributed by atoms with Gasteiger partial charge in [0.05, 0.1) is 6.10 Å². The SMILES string of the molecule is CCc1ccc(OCC(O)CNCC(O)C2CC2)cc1. The molecular formula is C16H25NO3. The van der Waals surface area contributed by atoms with Crippen LogP contribution < -0.4 is 10.1 Å². The van der Waals surface area contributed by atoms with Gasteiger partial charge < -0.3 is 20.3 Å². The lowest BCUT2D eigenvalue weighted by Gasteiger charge is -2.15. The Balaban J connectivity index is 1.59. The third-order valence-corrected chi connectivity index (χ3v) is 3.67. The Labute approximate surface area is 120 Å². The second-order valence-electron chi connectivity index (χ2n) is 5.53. The fourth-order valence-electron chi connectivity index (χ4n) is 2.12. The summed E-state index contributed by atoms with van der Waals surface area (Å²) in [6, 6.07) is 7.92. The average molecular weight is 279 g/mol. The molecular weight excluding hydrogens is 254 g/mol. The fraction of sp³-hybridized carbons (Fsp3) is 0.625. The Bertz CT molecular complexity index is 389. The molecule has 1 saturated carbocycles. The van der Waals surface area contributed by atoms with Crippen molar-refractivity contribution in [2.24, 2.45) is 5.92 Å². The van der Waals surface area contributed by atoms with Crippen molar-refractivity contribution in [3.8, 4) is 5.75 Å². The van der Waals surface area contributed by atoms with Crippen LogP contribution in [0.5, 0.6) is 5.75 Å². The molecule has 0 saturated heterocycles. The van der Waals surface area contributed by atoms with Gasteiger partial charge in [-0.25, -0.2) is 0 Å². The van der Waals surface area contributed by atoms with Gasteiger partial charge in [0.2, 0.25) is 0 Å². The van der Waals surface area contributed by atoms with Crippen LogP contribution in [0.2, 0.25) is 0 Å². The van der Waals surface area contributed by atoms with Gasteiger partial charge in [-0.05, 0) is 42.9 Å². The molecule has 0 aliphatic heterocycles. The molecule has 20 heavy (non-hydrogen) atoms. The highest BCUT2D eigenvalue weighted by Gasteiger charge is 2.29. The van der Waals surface area contributed by atoms with Crippen molar-refractivity contribution >= 4 is 0 Å². The summed E-state index contributed by atoms with van der Waals surface area (Å²) in [5.41, 5.74) is 1.27. The van der Waals surface area contributed by atoms with E-state index in [1.54, 1.807) is 0 Å². The van der Waals surface area contributed by atoms with Crippen molar-refractivity contribution in [2.75, 3.05) is 19.7 Å². The van der Waals surface area contributed by atoms with Crippen LogP contribution in [-0.2, 0) is 6.42 Å². The second-order valence-corrected chi connectivity index (χ2v) is 5.53. The van der Waals surface area contributed by atoms with Gasteiger partial charge in [0.15, 0.2) is 0 Å². The average Bonchev–Trinajstić information content (AvgIpc) is 3.30. The van der Waals surface area contributed by atoms with E-state index in [1.165, 1.54) is 5.56 Å². The quantitative estimate of drug-likeness (QED) is 0.638. The van der Waals surface area contributed by atoms with Crippen LogP contribution in [-0.4, -0.2) is 42.1 Å². The number of ether oxygens (including phenoxy) is 1. The van der Waals surface area contributed by atoms with Crippen LogP contribution in [0.3, 0.4) is 0 Å². The minimum atomic E-state index is -0.563. The molecule has 2 atom stereocenters. The van der Waals surface area contributed by atoms with Gasteiger partial charge in [0.1, 0.15) is 18.5 Å². The Hall–Kier alpha value is -1.10. The standard InChI is InChI=1S/C16H25NO3/c1-2-12-3-7-15(8-4-12)20-11-14(18)9-17-10-16(19)13-5-6-13/h3-4,7-8,13-14,16-19H,2,5-6,9-11H2,1H3. The first-order valence-corrected chi connectivity index (χ1v) is 7.47. The van der Waals surface area contributed by atoms with Crippen LogP contribution in [0.15, 0.2) is 24.3 Å². The van der Waals surface area contributed by atoms with Crippen molar-refractivity contribution in [1.82, 2.24) is 5.32 Å². The van der Waals surface area contributed by atoms with Gasteiger partial charge in [0, 0.05) is 13.1 Å². The zero-order valence-corrected chi connectivity index (χ0v) is 12.1. The molecule has 4 nitrogen and oxygen atoms in total. The largest absolute Gasteiger partial charge is 0.491 e. The Morgan fingerprint density at radius 3 is 2.50 bits per heavy atom. The molecule has 0 radical (unpaired) electrons. The molecule has 0 bridgehead atoms. The number of rotatable bonds is 9. The molecule has 4 heteroatoms. The first kappa shape index (κ1) is 15.3. The van der Waals surface area contributed by atoms with E-state index in [1.807, 2.05) is 24.3 Å². The van der Waals surface area contributed by atoms with Crippen LogP contribution in [0.4, 0.5) is 0 Å². The Morgan fingerprint density at radius 1 is 1.20 bits per heavy atom. The Kier molecular flexibility index (Phi) is 5.83. The highest BCUT2D eigenvalue weighted by atomic mass is 16.5. The van der Waals surface area contributed by atoms with Crippen LogP contribution in [0.1, 0.15) is 25.3 Å². The van der Waals surface area contributed by atoms with Gasteiger partial charge in [-0.15, -0.1) is 0 Å². The second kappa shape index (κ2) is 7.62. The summed E-state index contributed by atoms with van der Waals surface area (Å²) in [5.74, 6) is 1.24. The maximum atomic E-state index is 9.81. The molecule has 1 fully saturated rings. The van der Waals surface area contributed by atoms with E-state index in [0.29, 0.717) is 19.0 Å². The van der Waals surface area contributed by atoms with E-state index in [2.05, 4.69) is 12.2 Å². The minimum absolute atomic E-state index is 0.262. The highest BCUT2D eigenvalue weighted by molar-refractivity contribution is 5.27. The number of aliphatic hydroxyl groups excluding tert-OH is 2. The van der Waals surface area contributed by atoms with E-state index >= 15 is 0 Å². The summed E-state index contributed by atoms with van der Waals surface area (Å²) >= 11 is 0. The molecule has 0 heterocycles. The molecule has 3 N–H and O–H groups in total. The molecule has 1 aliphatic rings. The molecule has 2 unspecified atom stereocenters. The smallest absolute Gasteiger partial charge is 0.119 e. The van der Waals surface area contributed by atoms with Crippen LogP contribution >= 0.6 is 0 Å². The summed E-state index contributed by atoms with van der Waals surface area (Å²) in [7, 11) is 0. The van der Waals surface area contributed by atoms with Gasteiger partial charge in [-0.3, -0.25) is 0 Å². The number of benzene rings is 1. The van der Waals surface area contributed by atoms with Gasteiger partial charge in [-0.1, -0.05) is 19.1 Å². The van der Waals surface area contributed by atoms with Crippen molar-refractivity contribution in [2.45, 2.75) is 38.4 Å². The lowest BCUT2D eigenvalue weighted by molar-refractivity contribution is 0.0966. The third-order valence-electron chi connectivity index (χ3n) is 3.67. The lowest BCUT2D eigenvalue weighted by atomic mass is 10.2. The van der Waals surface area contributed by atoms with E-state index < -0.39 is 6.10 Å². The topological polar surface area (TPSA) is 61.7 Å². The number of nitrogens with one attached hydrogen (secondary N) is 1. The first-order valence-electron chi connectivity index (χ1n) is 7.47. The summed E-state index contributed by atoms with van der Waals surface area (Å²) in [6.07, 6.45) is 2.43. The zero-order chi connectivity index (χ0) is 14.4. The first-order chi connectivity index (χ1) is 9.69. The Morgan fingerprint density at radius 2 is 1.90 bits per heavy atom. The molecule has 0 spiro atoms. The third kappa shape index (κ3) is 5.12. The predicted octanol–water partition coefficient (Wildman–Crippen LogP) is 1.35. The summed E-state index contributed by atoms with van der Waals surface area (Å²) in [5, 5.41) is 22.6. The van der Waals surface area contributed by atoms with E-state index in [-0.39, 0.29) is 12.7 Å². The maximum absolute atomic E-state index is 9.81.